The fraction of sp³-hybridized carbons (Fsp3) is 0.200. The standard InChI is InChI=1S/C15H16ClNO/c1-11(17)13-5-7-15(8-6-13)18-10-12-3-2-4-14(16)9-12/h2-9,11H,10,17H2,1H3/t11-/m1/s1. The number of ether oxygens (including phenoxy) is 1. The number of hydrogen-bond donors (Lipinski definition) is 1. The molecule has 2 aromatic carbocycles. The third kappa shape index (κ3) is 3.49. The lowest BCUT2D eigenvalue weighted by molar-refractivity contribution is 0.306. The minimum absolute atomic E-state index is 0.0481. The van der Waals surface area contributed by atoms with Crippen molar-refractivity contribution in [3.8, 4) is 5.75 Å². The summed E-state index contributed by atoms with van der Waals surface area (Å²) in [6.07, 6.45) is 0. The van der Waals surface area contributed by atoms with Crippen LogP contribution in [0.5, 0.6) is 5.75 Å². The first kappa shape index (κ1) is 12.9. The lowest BCUT2D eigenvalue weighted by Gasteiger charge is -2.09. The molecule has 2 rings (SSSR count). The quantitative estimate of drug-likeness (QED) is 0.905. The summed E-state index contributed by atoms with van der Waals surface area (Å²) in [5.74, 6) is 0.833. The maximum atomic E-state index is 5.91. The van der Waals surface area contributed by atoms with Gasteiger partial charge in [-0.1, -0.05) is 35.9 Å². The molecule has 2 aromatic rings. The molecule has 0 radical (unpaired) electrons. The van der Waals surface area contributed by atoms with Crippen molar-refractivity contribution in [2.75, 3.05) is 0 Å². The summed E-state index contributed by atoms with van der Waals surface area (Å²) in [6, 6.07) is 15.5. The number of benzene rings is 2. The van der Waals surface area contributed by atoms with Gasteiger partial charge in [0.2, 0.25) is 0 Å². The highest BCUT2D eigenvalue weighted by Crippen LogP contribution is 2.18. The Morgan fingerprint density at radius 2 is 1.89 bits per heavy atom. The Balaban J connectivity index is 1.98. The molecule has 0 fully saturated rings. The first-order chi connectivity index (χ1) is 8.65. The van der Waals surface area contributed by atoms with E-state index in [9.17, 15) is 0 Å². The predicted molar refractivity (Wildman–Crippen MR) is 74.8 cm³/mol. The zero-order valence-corrected chi connectivity index (χ0v) is 11.0. The van der Waals surface area contributed by atoms with Crippen LogP contribution in [0.25, 0.3) is 0 Å². The number of hydrogen-bond acceptors (Lipinski definition) is 2. The first-order valence-corrected chi connectivity index (χ1v) is 6.26. The number of halogens is 1. The molecule has 0 unspecified atom stereocenters. The van der Waals surface area contributed by atoms with E-state index < -0.39 is 0 Å². The molecule has 0 aromatic heterocycles. The van der Waals surface area contributed by atoms with Crippen LogP contribution in [0.3, 0.4) is 0 Å². The van der Waals surface area contributed by atoms with Gasteiger partial charge in [-0.3, -0.25) is 0 Å². The van der Waals surface area contributed by atoms with Crippen LogP contribution in [0.1, 0.15) is 24.1 Å². The Morgan fingerprint density at radius 3 is 2.50 bits per heavy atom. The zero-order chi connectivity index (χ0) is 13.0. The fourth-order valence-electron chi connectivity index (χ4n) is 1.66. The van der Waals surface area contributed by atoms with E-state index in [-0.39, 0.29) is 6.04 Å². The Bertz CT molecular complexity index is 508. The lowest BCUT2D eigenvalue weighted by atomic mass is 10.1. The molecule has 1 atom stereocenters. The van der Waals surface area contributed by atoms with E-state index in [1.165, 1.54) is 0 Å². The summed E-state index contributed by atoms with van der Waals surface area (Å²) < 4.78 is 5.68. The third-order valence-corrected chi connectivity index (χ3v) is 2.94. The van der Waals surface area contributed by atoms with Gasteiger partial charge in [0.05, 0.1) is 0 Å². The van der Waals surface area contributed by atoms with E-state index in [4.69, 9.17) is 22.1 Å². The normalized spacial score (nSPS) is 12.2. The predicted octanol–water partition coefficient (Wildman–Crippen LogP) is 3.94. The van der Waals surface area contributed by atoms with Crippen molar-refractivity contribution in [3.05, 3.63) is 64.7 Å². The van der Waals surface area contributed by atoms with Crippen LogP contribution in [0, 0.1) is 0 Å². The van der Waals surface area contributed by atoms with Crippen LogP contribution < -0.4 is 10.5 Å². The molecular weight excluding hydrogens is 246 g/mol. The Kier molecular flexibility index (Phi) is 4.24. The van der Waals surface area contributed by atoms with Gasteiger partial charge in [0.25, 0.3) is 0 Å². The molecule has 94 valence electrons. The van der Waals surface area contributed by atoms with Crippen LogP contribution in [0.4, 0.5) is 0 Å². The van der Waals surface area contributed by atoms with Gasteiger partial charge < -0.3 is 10.5 Å². The van der Waals surface area contributed by atoms with E-state index >= 15 is 0 Å². The maximum absolute atomic E-state index is 5.91. The van der Waals surface area contributed by atoms with Gasteiger partial charge in [-0.2, -0.15) is 0 Å². The van der Waals surface area contributed by atoms with Crippen LogP contribution in [-0.4, -0.2) is 0 Å². The van der Waals surface area contributed by atoms with Gasteiger partial charge in [0.15, 0.2) is 0 Å². The van der Waals surface area contributed by atoms with Crippen LogP contribution >= 0.6 is 11.6 Å². The summed E-state index contributed by atoms with van der Waals surface area (Å²) in [5, 5.41) is 0.725. The van der Waals surface area contributed by atoms with Crippen LogP contribution in [0.2, 0.25) is 5.02 Å². The Labute approximate surface area is 112 Å². The van der Waals surface area contributed by atoms with E-state index in [0.29, 0.717) is 6.61 Å². The average Bonchev–Trinajstić information content (AvgIpc) is 2.37. The molecule has 0 amide bonds. The van der Waals surface area contributed by atoms with Crippen molar-refractivity contribution in [3.63, 3.8) is 0 Å². The molecule has 0 spiro atoms. The fourth-order valence-corrected chi connectivity index (χ4v) is 1.87. The van der Waals surface area contributed by atoms with Crippen molar-refractivity contribution in [2.45, 2.75) is 19.6 Å². The molecule has 0 aliphatic carbocycles. The zero-order valence-electron chi connectivity index (χ0n) is 10.3. The molecule has 0 aliphatic heterocycles. The SMILES string of the molecule is C[C@@H](N)c1ccc(OCc2cccc(Cl)c2)cc1. The van der Waals surface area contributed by atoms with Gasteiger partial charge in [-0.05, 0) is 42.3 Å². The summed E-state index contributed by atoms with van der Waals surface area (Å²) in [5.41, 5.74) is 7.95. The first-order valence-electron chi connectivity index (χ1n) is 5.88. The van der Waals surface area contributed by atoms with Gasteiger partial charge >= 0.3 is 0 Å². The second kappa shape index (κ2) is 5.89. The van der Waals surface area contributed by atoms with Crippen LogP contribution in [0.15, 0.2) is 48.5 Å². The van der Waals surface area contributed by atoms with Crippen molar-refractivity contribution >= 4 is 11.6 Å². The van der Waals surface area contributed by atoms with Crippen molar-refractivity contribution in [1.29, 1.82) is 0 Å². The highest BCUT2D eigenvalue weighted by Gasteiger charge is 2.00. The van der Waals surface area contributed by atoms with E-state index in [0.717, 1.165) is 21.9 Å². The summed E-state index contributed by atoms with van der Waals surface area (Å²) in [4.78, 5) is 0. The molecule has 0 saturated carbocycles. The topological polar surface area (TPSA) is 35.2 Å². The van der Waals surface area contributed by atoms with Crippen molar-refractivity contribution in [2.24, 2.45) is 5.73 Å². The third-order valence-electron chi connectivity index (χ3n) is 2.70. The lowest BCUT2D eigenvalue weighted by Crippen LogP contribution is -2.04. The maximum Gasteiger partial charge on any atom is 0.119 e. The van der Waals surface area contributed by atoms with E-state index in [2.05, 4.69) is 0 Å². The average molecular weight is 262 g/mol. The summed E-state index contributed by atoms with van der Waals surface area (Å²) >= 11 is 5.91. The highest BCUT2D eigenvalue weighted by molar-refractivity contribution is 6.30. The van der Waals surface area contributed by atoms with Crippen molar-refractivity contribution in [1.82, 2.24) is 0 Å². The second-order valence-electron chi connectivity index (χ2n) is 4.28. The van der Waals surface area contributed by atoms with Crippen molar-refractivity contribution < 1.29 is 4.74 Å². The molecule has 0 bridgehead atoms. The largest absolute Gasteiger partial charge is 0.489 e. The molecule has 18 heavy (non-hydrogen) atoms. The monoisotopic (exact) mass is 261 g/mol. The molecule has 2 nitrogen and oxygen atoms in total. The van der Waals surface area contributed by atoms with Gasteiger partial charge in [0.1, 0.15) is 12.4 Å². The van der Waals surface area contributed by atoms with E-state index in [1.807, 2.05) is 55.5 Å². The van der Waals surface area contributed by atoms with Gasteiger partial charge in [-0.15, -0.1) is 0 Å². The molecule has 0 heterocycles. The molecule has 3 heteroatoms. The van der Waals surface area contributed by atoms with Gasteiger partial charge in [0, 0.05) is 11.1 Å². The number of rotatable bonds is 4. The minimum Gasteiger partial charge on any atom is -0.489 e. The molecule has 0 saturated heterocycles. The highest BCUT2D eigenvalue weighted by atomic mass is 35.5. The van der Waals surface area contributed by atoms with Gasteiger partial charge in [-0.25, -0.2) is 0 Å². The summed E-state index contributed by atoms with van der Waals surface area (Å²) in [7, 11) is 0. The number of nitrogens with two attached hydrogens (primary N) is 1. The van der Waals surface area contributed by atoms with E-state index in [1.54, 1.807) is 0 Å². The second-order valence-corrected chi connectivity index (χ2v) is 4.71. The Hall–Kier alpha value is -1.51. The smallest absolute Gasteiger partial charge is 0.119 e. The summed E-state index contributed by atoms with van der Waals surface area (Å²) in [6.45, 7) is 2.47. The Morgan fingerprint density at radius 1 is 1.17 bits per heavy atom. The molecular formula is C15H16ClNO. The molecule has 0 aliphatic rings. The molecule has 2 N–H and O–H groups in total. The van der Waals surface area contributed by atoms with Crippen LogP contribution in [-0.2, 0) is 6.61 Å². The minimum atomic E-state index is 0.0481.